The Hall–Kier alpha value is -5.48. The average Bonchev–Trinajstić information content (AvgIpc) is 3.04. The number of nitrogens with zero attached hydrogens (tertiary/aromatic N) is 4. The van der Waals surface area contributed by atoms with Gasteiger partial charge in [-0.1, -0.05) is 103 Å². The molecule has 4 nitrogen and oxygen atoms in total. The molecule has 0 aliphatic heterocycles. The molecular formula is C36H22N4. The van der Waals surface area contributed by atoms with Gasteiger partial charge in [0.1, 0.15) is 6.33 Å². The maximum atomic E-state index is 5.32. The second kappa shape index (κ2) is 9.07. The van der Waals surface area contributed by atoms with Crippen molar-refractivity contribution in [2.75, 3.05) is 0 Å². The van der Waals surface area contributed by atoms with Crippen LogP contribution in [0.4, 0.5) is 0 Å². The molecule has 0 radical (unpaired) electrons. The number of hydrogen-bond donors (Lipinski definition) is 0. The second-order valence-corrected chi connectivity index (χ2v) is 9.90. The summed E-state index contributed by atoms with van der Waals surface area (Å²) in [5, 5.41) is 6.70. The van der Waals surface area contributed by atoms with Crippen LogP contribution in [0.15, 0.2) is 134 Å². The van der Waals surface area contributed by atoms with Gasteiger partial charge in [0.2, 0.25) is 0 Å². The topological polar surface area (TPSA) is 51.6 Å². The minimum atomic E-state index is 0.904. The van der Waals surface area contributed by atoms with E-state index in [1.54, 1.807) is 12.5 Å². The summed E-state index contributed by atoms with van der Waals surface area (Å²) >= 11 is 0. The first kappa shape index (κ1) is 22.5. The molecule has 0 bridgehead atoms. The highest BCUT2D eigenvalue weighted by molar-refractivity contribution is 6.21. The Bertz CT molecular complexity index is 2150. The molecule has 0 atom stereocenters. The van der Waals surface area contributed by atoms with Gasteiger partial charge in [-0.15, -0.1) is 0 Å². The maximum absolute atomic E-state index is 5.32. The number of fused-ring (bicyclic) bond motifs is 5. The van der Waals surface area contributed by atoms with Crippen LogP contribution < -0.4 is 0 Å². The summed E-state index contributed by atoms with van der Waals surface area (Å²) in [4.78, 5) is 19.2. The third kappa shape index (κ3) is 3.54. The van der Waals surface area contributed by atoms with E-state index in [2.05, 4.69) is 107 Å². The number of rotatable bonds is 3. The van der Waals surface area contributed by atoms with E-state index in [0.717, 1.165) is 77.1 Å². The number of hydrogen-bond acceptors (Lipinski definition) is 4. The van der Waals surface area contributed by atoms with Gasteiger partial charge in [-0.05, 0) is 39.7 Å². The fourth-order valence-electron chi connectivity index (χ4n) is 5.80. The van der Waals surface area contributed by atoms with Gasteiger partial charge in [-0.3, -0.25) is 0 Å². The number of benzene rings is 5. The van der Waals surface area contributed by atoms with Gasteiger partial charge >= 0.3 is 0 Å². The van der Waals surface area contributed by atoms with Crippen LogP contribution in [0, 0.1) is 0 Å². The molecular weight excluding hydrogens is 488 g/mol. The Morgan fingerprint density at radius 3 is 1.48 bits per heavy atom. The van der Waals surface area contributed by atoms with Crippen molar-refractivity contribution in [2.45, 2.75) is 0 Å². The van der Waals surface area contributed by atoms with E-state index in [4.69, 9.17) is 9.97 Å². The average molecular weight is 511 g/mol. The lowest BCUT2D eigenvalue weighted by molar-refractivity contribution is 1.18. The molecule has 0 unspecified atom stereocenters. The summed E-state index contributed by atoms with van der Waals surface area (Å²) in [7, 11) is 0. The summed E-state index contributed by atoms with van der Waals surface area (Å²) in [5.41, 5.74) is 7.90. The summed E-state index contributed by atoms with van der Waals surface area (Å²) in [6.45, 7) is 0. The Labute approximate surface area is 230 Å². The second-order valence-electron chi connectivity index (χ2n) is 9.90. The molecule has 8 rings (SSSR count). The van der Waals surface area contributed by atoms with Crippen molar-refractivity contribution in [3.8, 4) is 33.8 Å². The van der Waals surface area contributed by atoms with E-state index in [1.165, 1.54) is 0 Å². The fraction of sp³-hybridized carbons (Fsp3) is 0. The molecule has 3 aromatic heterocycles. The molecule has 0 fully saturated rings. The van der Waals surface area contributed by atoms with Gasteiger partial charge in [-0.2, -0.15) is 0 Å². The molecule has 4 heteroatoms. The number of aromatic nitrogens is 4. The SMILES string of the molecule is c1ccc(-c2ccc3ccc4ccc(-c5c6ccccc6c(-c6ccncn6)c6ccccc56)nc4c3n2)cc1. The normalized spacial score (nSPS) is 11.5. The molecule has 0 saturated carbocycles. The molecule has 0 N–H and O–H groups in total. The van der Waals surface area contributed by atoms with Crippen LogP contribution in [0.25, 0.3) is 77.1 Å². The van der Waals surface area contributed by atoms with Crippen molar-refractivity contribution in [1.82, 2.24) is 19.9 Å². The lowest BCUT2D eigenvalue weighted by Crippen LogP contribution is -1.95. The first-order valence-electron chi connectivity index (χ1n) is 13.3. The van der Waals surface area contributed by atoms with Crippen molar-refractivity contribution < 1.29 is 0 Å². The summed E-state index contributed by atoms with van der Waals surface area (Å²) < 4.78 is 0. The summed E-state index contributed by atoms with van der Waals surface area (Å²) in [5.74, 6) is 0. The predicted molar refractivity (Wildman–Crippen MR) is 164 cm³/mol. The maximum Gasteiger partial charge on any atom is 0.116 e. The summed E-state index contributed by atoms with van der Waals surface area (Å²) in [6.07, 6.45) is 3.41. The molecule has 186 valence electrons. The van der Waals surface area contributed by atoms with Crippen molar-refractivity contribution in [2.24, 2.45) is 0 Å². The zero-order chi connectivity index (χ0) is 26.5. The Morgan fingerprint density at radius 1 is 0.400 bits per heavy atom. The molecule has 8 aromatic rings. The smallest absolute Gasteiger partial charge is 0.116 e. The monoisotopic (exact) mass is 510 g/mol. The van der Waals surface area contributed by atoms with Crippen molar-refractivity contribution in [3.63, 3.8) is 0 Å². The van der Waals surface area contributed by atoms with Gasteiger partial charge < -0.3 is 0 Å². The van der Waals surface area contributed by atoms with E-state index in [1.807, 2.05) is 24.3 Å². The quantitative estimate of drug-likeness (QED) is 0.176. The lowest BCUT2D eigenvalue weighted by atomic mass is 9.88. The van der Waals surface area contributed by atoms with Crippen LogP contribution in [0.2, 0.25) is 0 Å². The standard InChI is InChI=1S/C36H22N4/c1-2-8-23(9-3-1)30-18-16-24-14-15-25-17-19-32(40-36(25)35(24)39-30)34-28-12-6-4-10-26(28)33(31-20-21-37-22-38-31)27-11-5-7-13-29(27)34/h1-22H. The van der Waals surface area contributed by atoms with Crippen molar-refractivity contribution in [3.05, 3.63) is 134 Å². The Morgan fingerprint density at radius 2 is 0.900 bits per heavy atom. The minimum Gasteiger partial charge on any atom is -0.245 e. The van der Waals surface area contributed by atoms with Crippen LogP contribution in [0.5, 0.6) is 0 Å². The van der Waals surface area contributed by atoms with E-state index in [-0.39, 0.29) is 0 Å². The van der Waals surface area contributed by atoms with Crippen LogP contribution in [-0.4, -0.2) is 19.9 Å². The molecule has 40 heavy (non-hydrogen) atoms. The zero-order valence-corrected chi connectivity index (χ0v) is 21.5. The number of pyridine rings is 2. The first-order chi connectivity index (χ1) is 19.8. The molecule has 3 heterocycles. The lowest BCUT2D eigenvalue weighted by Gasteiger charge is -2.17. The van der Waals surface area contributed by atoms with Crippen molar-refractivity contribution in [1.29, 1.82) is 0 Å². The van der Waals surface area contributed by atoms with E-state index >= 15 is 0 Å². The molecule has 5 aromatic carbocycles. The van der Waals surface area contributed by atoms with E-state index in [0.29, 0.717) is 0 Å². The van der Waals surface area contributed by atoms with Gasteiger partial charge in [0.25, 0.3) is 0 Å². The van der Waals surface area contributed by atoms with Gasteiger partial charge in [0, 0.05) is 33.7 Å². The highest BCUT2D eigenvalue weighted by Crippen LogP contribution is 2.43. The fourth-order valence-corrected chi connectivity index (χ4v) is 5.80. The van der Waals surface area contributed by atoms with Gasteiger partial charge in [0.15, 0.2) is 0 Å². The molecule has 0 saturated heterocycles. The predicted octanol–water partition coefficient (Wildman–Crippen LogP) is 8.88. The minimum absolute atomic E-state index is 0.904. The first-order valence-corrected chi connectivity index (χ1v) is 13.3. The van der Waals surface area contributed by atoms with Crippen LogP contribution in [0.1, 0.15) is 0 Å². The van der Waals surface area contributed by atoms with Crippen LogP contribution in [0.3, 0.4) is 0 Å². The Balaban J connectivity index is 1.45. The summed E-state index contributed by atoms with van der Waals surface area (Å²) in [6, 6.07) is 42.1. The van der Waals surface area contributed by atoms with Gasteiger partial charge in [0.05, 0.1) is 28.1 Å². The largest absolute Gasteiger partial charge is 0.245 e. The molecule has 0 aliphatic rings. The van der Waals surface area contributed by atoms with Crippen LogP contribution in [-0.2, 0) is 0 Å². The van der Waals surface area contributed by atoms with Crippen LogP contribution >= 0.6 is 0 Å². The molecule has 0 amide bonds. The molecule has 0 spiro atoms. The third-order valence-corrected chi connectivity index (χ3v) is 7.61. The van der Waals surface area contributed by atoms with E-state index in [9.17, 15) is 0 Å². The highest BCUT2D eigenvalue weighted by Gasteiger charge is 2.18. The van der Waals surface area contributed by atoms with Crippen molar-refractivity contribution >= 4 is 43.4 Å². The molecule has 0 aliphatic carbocycles. The Kier molecular flexibility index (Phi) is 5.10. The zero-order valence-electron chi connectivity index (χ0n) is 21.5. The highest BCUT2D eigenvalue weighted by atomic mass is 14.8. The third-order valence-electron chi connectivity index (χ3n) is 7.61. The van der Waals surface area contributed by atoms with Gasteiger partial charge in [-0.25, -0.2) is 19.9 Å². The van der Waals surface area contributed by atoms with E-state index < -0.39 is 0 Å².